The van der Waals surface area contributed by atoms with Gasteiger partial charge in [-0.15, -0.1) is 0 Å². The van der Waals surface area contributed by atoms with Crippen molar-refractivity contribution in [2.75, 3.05) is 7.11 Å². The summed E-state index contributed by atoms with van der Waals surface area (Å²) < 4.78 is 6.81. The van der Waals surface area contributed by atoms with E-state index in [1.165, 1.54) is 12.1 Å². The number of carbonyl (C=O) groups is 3. The Bertz CT molecular complexity index is 1050. The number of benzene rings is 2. The highest BCUT2D eigenvalue weighted by Gasteiger charge is 2.39. The molecule has 0 fully saturated rings. The number of hydrogen-bond acceptors (Lipinski definition) is 5. The monoisotopic (exact) mass is 350 g/mol. The molecule has 2 aromatic carbocycles. The summed E-state index contributed by atoms with van der Waals surface area (Å²) in [7, 11) is 3.25. The maximum atomic E-state index is 12.6. The smallest absolute Gasteiger partial charge is 0.380 e. The van der Waals surface area contributed by atoms with Gasteiger partial charge in [-0.25, -0.2) is 4.79 Å². The number of methoxy groups -OCH3 is 1. The van der Waals surface area contributed by atoms with E-state index in [1.54, 1.807) is 49.1 Å². The molecule has 0 bridgehead atoms. The third-order valence-electron chi connectivity index (χ3n) is 4.39. The van der Waals surface area contributed by atoms with Crippen molar-refractivity contribution >= 4 is 28.7 Å². The summed E-state index contributed by atoms with van der Waals surface area (Å²) in [6, 6.07) is 13.3. The molecule has 0 atom stereocenters. The van der Waals surface area contributed by atoms with Crippen LogP contribution in [0.2, 0.25) is 0 Å². The summed E-state index contributed by atoms with van der Waals surface area (Å²) in [5, 5.41) is 1.31. The minimum Gasteiger partial charge on any atom is -0.497 e. The summed E-state index contributed by atoms with van der Waals surface area (Å²) in [6.07, 6.45) is 0. The molecule has 1 aliphatic rings. The van der Waals surface area contributed by atoms with Crippen LogP contribution >= 0.6 is 0 Å². The Kier molecular flexibility index (Phi) is 3.50. The van der Waals surface area contributed by atoms with E-state index in [1.807, 2.05) is 6.07 Å². The Morgan fingerprint density at radius 2 is 1.62 bits per heavy atom. The Labute approximate surface area is 148 Å². The van der Waals surface area contributed by atoms with E-state index in [4.69, 9.17) is 9.57 Å². The number of ether oxygens (including phenoxy) is 1. The second-order valence-corrected chi connectivity index (χ2v) is 5.84. The van der Waals surface area contributed by atoms with E-state index in [9.17, 15) is 14.4 Å². The Morgan fingerprint density at radius 3 is 2.23 bits per heavy atom. The van der Waals surface area contributed by atoms with Gasteiger partial charge < -0.3 is 14.1 Å². The molecule has 2 heterocycles. The number of fused-ring (bicyclic) bond motifs is 2. The normalized spacial score (nSPS) is 13.2. The molecule has 0 saturated heterocycles. The number of amides is 2. The van der Waals surface area contributed by atoms with Gasteiger partial charge in [0, 0.05) is 18.5 Å². The Balaban J connectivity index is 1.65. The molecule has 1 aliphatic heterocycles. The number of aromatic nitrogens is 1. The first-order chi connectivity index (χ1) is 12.5. The molecule has 0 spiro atoms. The zero-order chi connectivity index (χ0) is 18.4. The minimum absolute atomic E-state index is 0.213. The molecule has 2 amide bonds. The quantitative estimate of drug-likeness (QED) is 0.679. The molecule has 0 N–H and O–H groups in total. The van der Waals surface area contributed by atoms with Crippen LogP contribution in [0.1, 0.15) is 31.2 Å². The van der Waals surface area contributed by atoms with Crippen molar-refractivity contribution < 1.29 is 24.0 Å². The molecule has 4 rings (SSSR count). The fourth-order valence-corrected chi connectivity index (χ4v) is 3.01. The van der Waals surface area contributed by atoms with Crippen molar-refractivity contribution in [3.05, 3.63) is 65.4 Å². The van der Waals surface area contributed by atoms with Crippen molar-refractivity contribution in [2.45, 2.75) is 0 Å². The molecule has 0 aliphatic carbocycles. The topological polar surface area (TPSA) is 77.8 Å². The van der Waals surface area contributed by atoms with E-state index >= 15 is 0 Å². The van der Waals surface area contributed by atoms with Crippen LogP contribution < -0.4 is 4.74 Å². The minimum atomic E-state index is -0.794. The molecule has 0 saturated carbocycles. The van der Waals surface area contributed by atoms with Crippen molar-refractivity contribution in [1.82, 2.24) is 9.63 Å². The molecule has 7 nitrogen and oxygen atoms in total. The number of imide groups is 1. The van der Waals surface area contributed by atoms with Crippen LogP contribution in [0.25, 0.3) is 10.9 Å². The fraction of sp³-hybridized carbons (Fsp3) is 0.105. The summed E-state index contributed by atoms with van der Waals surface area (Å²) in [6.45, 7) is 0. The predicted octanol–water partition coefficient (Wildman–Crippen LogP) is 2.55. The zero-order valence-corrected chi connectivity index (χ0v) is 14.1. The fourth-order valence-electron chi connectivity index (χ4n) is 3.01. The Hall–Kier alpha value is -3.61. The molecule has 130 valence electrons. The van der Waals surface area contributed by atoms with Crippen LogP contribution in [-0.2, 0) is 11.9 Å². The Morgan fingerprint density at radius 1 is 0.962 bits per heavy atom. The van der Waals surface area contributed by atoms with E-state index in [2.05, 4.69) is 0 Å². The molecule has 3 aromatic rings. The van der Waals surface area contributed by atoms with E-state index in [0.29, 0.717) is 10.8 Å². The highest BCUT2D eigenvalue weighted by Crippen LogP contribution is 2.26. The largest absolute Gasteiger partial charge is 0.497 e. The van der Waals surface area contributed by atoms with E-state index < -0.39 is 17.8 Å². The SMILES string of the molecule is COc1ccc2cc(C(=O)ON3C(=O)c4ccccc4C3=O)n(C)c2c1. The average molecular weight is 350 g/mol. The van der Waals surface area contributed by atoms with Crippen LogP contribution in [-0.4, -0.2) is 34.5 Å². The summed E-state index contributed by atoms with van der Waals surface area (Å²) in [5.41, 5.74) is 1.41. The maximum Gasteiger partial charge on any atom is 0.380 e. The predicted molar refractivity (Wildman–Crippen MR) is 91.8 cm³/mol. The van der Waals surface area contributed by atoms with Gasteiger partial charge in [0.15, 0.2) is 0 Å². The van der Waals surface area contributed by atoms with Crippen LogP contribution in [0.15, 0.2) is 48.5 Å². The second kappa shape index (κ2) is 5.73. The van der Waals surface area contributed by atoms with Gasteiger partial charge in [0.2, 0.25) is 0 Å². The first-order valence-electron chi connectivity index (χ1n) is 7.85. The molecule has 1 aromatic heterocycles. The van der Waals surface area contributed by atoms with Crippen LogP contribution in [0.4, 0.5) is 0 Å². The lowest BCUT2D eigenvalue weighted by molar-refractivity contribution is -0.0590. The molecule has 26 heavy (non-hydrogen) atoms. The van der Waals surface area contributed by atoms with Gasteiger partial charge in [-0.2, -0.15) is 0 Å². The third kappa shape index (κ3) is 2.25. The third-order valence-corrected chi connectivity index (χ3v) is 4.39. The second-order valence-electron chi connectivity index (χ2n) is 5.84. The highest BCUT2D eigenvalue weighted by molar-refractivity contribution is 6.21. The zero-order valence-electron chi connectivity index (χ0n) is 14.1. The van der Waals surface area contributed by atoms with Crippen molar-refractivity contribution in [2.24, 2.45) is 7.05 Å². The lowest BCUT2D eigenvalue weighted by Crippen LogP contribution is -2.33. The lowest BCUT2D eigenvalue weighted by Gasteiger charge is -2.13. The van der Waals surface area contributed by atoms with Gasteiger partial charge in [-0.3, -0.25) is 9.59 Å². The summed E-state index contributed by atoms with van der Waals surface area (Å²) in [4.78, 5) is 42.3. The molecular formula is C19H14N2O5. The first kappa shape index (κ1) is 15.9. The van der Waals surface area contributed by atoms with Crippen LogP contribution in [0.3, 0.4) is 0 Å². The van der Waals surface area contributed by atoms with Gasteiger partial charge in [-0.1, -0.05) is 17.2 Å². The van der Waals surface area contributed by atoms with Gasteiger partial charge >= 0.3 is 5.97 Å². The number of carbonyl (C=O) groups excluding carboxylic acids is 3. The van der Waals surface area contributed by atoms with Crippen LogP contribution in [0.5, 0.6) is 5.75 Å². The lowest BCUT2D eigenvalue weighted by atomic mass is 10.1. The average Bonchev–Trinajstić information content (AvgIpc) is 3.12. The molecule has 0 radical (unpaired) electrons. The highest BCUT2D eigenvalue weighted by atomic mass is 16.7. The number of nitrogens with zero attached hydrogens (tertiary/aromatic N) is 2. The molecule has 0 unspecified atom stereocenters. The maximum absolute atomic E-state index is 12.6. The first-order valence-corrected chi connectivity index (χ1v) is 7.85. The standard InChI is InChI=1S/C19H14N2O5/c1-20-15-10-12(25-2)8-7-11(15)9-16(20)19(24)26-21-17(22)13-5-3-4-6-14(13)18(21)23/h3-10H,1-2H3. The van der Waals surface area contributed by atoms with Crippen molar-refractivity contribution in [3.63, 3.8) is 0 Å². The van der Waals surface area contributed by atoms with Gasteiger partial charge in [0.25, 0.3) is 11.8 Å². The number of hydrogen-bond donors (Lipinski definition) is 0. The number of rotatable bonds is 3. The van der Waals surface area contributed by atoms with Crippen LogP contribution in [0, 0.1) is 0 Å². The van der Waals surface area contributed by atoms with Gasteiger partial charge in [0.1, 0.15) is 11.4 Å². The summed E-state index contributed by atoms with van der Waals surface area (Å²) >= 11 is 0. The molecule has 7 heteroatoms. The number of hydroxylamine groups is 2. The number of aryl methyl sites for hydroxylation is 1. The van der Waals surface area contributed by atoms with Crippen molar-refractivity contribution in [1.29, 1.82) is 0 Å². The summed E-state index contributed by atoms with van der Waals surface area (Å²) in [5.74, 6) is -1.45. The van der Waals surface area contributed by atoms with Gasteiger partial charge in [-0.05, 0) is 30.3 Å². The van der Waals surface area contributed by atoms with E-state index in [-0.39, 0.29) is 16.8 Å². The van der Waals surface area contributed by atoms with Crippen molar-refractivity contribution in [3.8, 4) is 5.75 Å². The molecular weight excluding hydrogens is 336 g/mol. The van der Waals surface area contributed by atoms with E-state index in [0.717, 1.165) is 10.9 Å². The van der Waals surface area contributed by atoms with Gasteiger partial charge in [0.05, 0.1) is 23.8 Å².